The maximum absolute atomic E-state index is 13.0. The first-order chi connectivity index (χ1) is 15.7. The molecule has 10 nitrogen and oxygen atoms in total. The van der Waals surface area contributed by atoms with Crippen molar-refractivity contribution in [2.24, 2.45) is 5.73 Å². The van der Waals surface area contributed by atoms with E-state index in [1.54, 1.807) is 24.6 Å². The van der Waals surface area contributed by atoms with Gasteiger partial charge in [-0.1, -0.05) is 30.3 Å². The summed E-state index contributed by atoms with van der Waals surface area (Å²) in [5, 5.41) is 5.33. The number of methoxy groups -OCH3 is 1. The summed E-state index contributed by atoms with van der Waals surface area (Å²) in [5.74, 6) is -1.08. The molecule has 2 aromatic rings. The summed E-state index contributed by atoms with van der Waals surface area (Å²) in [6, 6.07) is 8.49. The highest BCUT2D eigenvalue weighted by Gasteiger charge is 2.47. The molecule has 0 unspecified atom stereocenters. The molecule has 1 aliphatic carbocycles. The van der Waals surface area contributed by atoms with Gasteiger partial charge in [0.2, 0.25) is 5.91 Å². The van der Waals surface area contributed by atoms with Crippen molar-refractivity contribution in [2.75, 3.05) is 19.0 Å². The number of imidazole rings is 1. The number of carbonyl (C=O) groups is 3. The van der Waals surface area contributed by atoms with Gasteiger partial charge in [0.05, 0.1) is 32.2 Å². The number of hydrogen-bond acceptors (Lipinski definition) is 7. The van der Waals surface area contributed by atoms with Gasteiger partial charge in [-0.05, 0) is 38.7 Å². The maximum atomic E-state index is 13.0. The SMILES string of the molecule is COC(=O)C1(n2cnc(NC(=O)[C@@H](COCc3ccccc3)NC(=O)C(C)(C)N)c2)CCC1. The molecule has 1 atom stereocenters. The molecule has 0 bridgehead atoms. The van der Waals surface area contributed by atoms with Crippen LogP contribution in [0.25, 0.3) is 0 Å². The van der Waals surface area contributed by atoms with E-state index in [0.717, 1.165) is 12.0 Å². The third-order valence-electron chi connectivity index (χ3n) is 5.68. The topological polar surface area (TPSA) is 138 Å². The molecule has 4 N–H and O–H groups in total. The Balaban J connectivity index is 1.68. The Morgan fingerprint density at radius 1 is 1.24 bits per heavy atom. The van der Waals surface area contributed by atoms with Gasteiger partial charge in [0.15, 0.2) is 5.82 Å². The van der Waals surface area contributed by atoms with Crippen LogP contribution in [0.2, 0.25) is 0 Å². The Kier molecular flexibility index (Phi) is 7.50. The zero-order chi connectivity index (χ0) is 24.1. The van der Waals surface area contributed by atoms with Crippen LogP contribution < -0.4 is 16.4 Å². The number of nitrogens with one attached hydrogen (secondary N) is 2. The number of benzene rings is 1. The predicted octanol–water partition coefficient (Wildman–Crippen LogP) is 1.31. The van der Waals surface area contributed by atoms with E-state index in [2.05, 4.69) is 15.6 Å². The molecule has 33 heavy (non-hydrogen) atoms. The minimum absolute atomic E-state index is 0.0602. The smallest absolute Gasteiger partial charge is 0.332 e. The van der Waals surface area contributed by atoms with Crippen LogP contribution >= 0.6 is 0 Å². The van der Waals surface area contributed by atoms with Crippen LogP contribution in [0.5, 0.6) is 0 Å². The second-order valence-electron chi connectivity index (χ2n) is 8.78. The number of carbonyl (C=O) groups excluding carboxylic acids is 3. The third kappa shape index (κ3) is 5.77. The Morgan fingerprint density at radius 3 is 2.52 bits per heavy atom. The molecule has 1 fully saturated rings. The van der Waals surface area contributed by atoms with Crippen LogP contribution in [0.4, 0.5) is 5.82 Å². The minimum Gasteiger partial charge on any atom is -0.467 e. The first-order valence-corrected chi connectivity index (χ1v) is 10.8. The van der Waals surface area contributed by atoms with Crippen LogP contribution in [-0.2, 0) is 36.0 Å². The zero-order valence-corrected chi connectivity index (χ0v) is 19.2. The van der Waals surface area contributed by atoms with E-state index in [1.807, 2.05) is 30.3 Å². The number of amides is 2. The molecule has 1 aromatic heterocycles. The fourth-order valence-corrected chi connectivity index (χ4v) is 3.50. The molecule has 3 rings (SSSR count). The van der Waals surface area contributed by atoms with E-state index in [-0.39, 0.29) is 25.0 Å². The monoisotopic (exact) mass is 457 g/mol. The van der Waals surface area contributed by atoms with Crippen LogP contribution in [0.1, 0.15) is 38.7 Å². The lowest BCUT2D eigenvalue weighted by molar-refractivity contribution is -0.156. The number of hydrogen-bond donors (Lipinski definition) is 3. The lowest BCUT2D eigenvalue weighted by atomic mass is 9.76. The summed E-state index contributed by atoms with van der Waals surface area (Å²) in [6.07, 6.45) is 5.26. The molecule has 0 spiro atoms. The molecule has 10 heteroatoms. The number of nitrogens with zero attached hydrogens (tertiary/aromatic N) is 2. The van der Waals surface area contributed by atoms with Gasteiger partial charge in [0, 0.05) is 6.20 Å². The van der Waals surface area contributed by atoms with Gasteiger partial charge in [0.1, 0.15) is 11.6 Å². The molecule has 2 amide bonds. The van der Waals surface area contributed by atoms with Crippen molar-refractivity contribution in [2.45, 2.75) is 56.8 Å². The van der Waals surface area contributed by atoms with E-state index < -0.39 is 28.9 Å². The van der Waals surface area contributed by atoms with Crippen LogP contribution in [-0.4, -0.2) is 52.6 Å². The van der Waals surface area contributed by atoms with E-state index >= 15 is 0 Å². The van der Waals surface area contributed by atoms with Gasteiger partial charge in [0.25, 0.3) is 5.91 Å². The van der Waals surface area contributed by atoms with Gasteiger partial charge in [-0.3, -0.25) is 9.59 Å². The standard InChI is InChI=1S/C23H31N5O5/c1-22(2,24)20(30)26-17(14-33-13-16-8-5-4-6-9-16)19(29)27-18-12-28(15-25-18)23(10-7-11-23)21(31)32-3/h4-6,8-9,12,15,17H,7,10-11,13-14,24H2,1-3H3,(H,26,30)(H,27,29)/t17-/m1/s1. The number of esters is 1. The summed E-state index contributed by atoms with van der Waals surface area (Å²) in [6.45, 7) is 3.32. The molecule has 0 radical (unpaired) electrons. The van der Waals surface area contributed by atoms with Gasteiger partial charge < -0.3 is 30.4 Å². The third-order valence-corrected chi connectivity index (χ3v) is 5.68. The largest absolute Gasteiger partial charge is 0.467 e. The Morgan fingerprint density at radius 2 is 1.94 bits per heavy atom. The van der Waals surface area contributed by atoms with E-state index in [9.17, 15) is 14.4 Å². The van der Waals surface area contributed by atoms with E-state index in [1.165, 1.54) is 13.4 Å². The number of rotatable bonds is 10. The van der Waals surface area contributed by atoms with Crippen molar-refractivity contribution in [3.8, 4) is 0 Å². The van der Waals surface area contributed by atoms with Crippen molar-refractivity contribution in [3.63, 3.8) is 0 Å². The molecule has 178 valence electrons. The number of anilines is 1. The summed E-state index contributed by atoms with van der Waals surface area (Å²) in [7, 11) is 1.35. The number of nitrogens with two attached hydrogens (primary N) is 1. The summed E-state index contributed by atoms with van der Waals surface area (Å²) in [5.41, 5.74) is 4.85. The highest BCUT2D eigenvalue weighted by molar-refractivity contribution is 5.98. The van der Waals surface area contributed by atoms with E-state index in [0.29, 0.717) is 12.8 Å². The van der Waals surface area contributed by atoms with Crippen molar-refractivity contribution in [3.05, 3.63) is 48.4 Å². The van der Waals surface area contributed by atoms with Crippen molar-refractivity contribution >= 4 is 23.6 Å². The quantitative estimate of drug-likeness (QED) is 0.457. The summed E-state index contributed by atoms with van der Waals surface area (Å²) < 4.78 is 12.3. The second kappa shape index (κ2) is 10.1. The molecule has 0 saturated heterocycles. The van der Waals surface area contributed by atoms with Crippen LogP contribution in [0.3, 0.4) is 0 Å². The van der Waals surface area contributed by atoms with Crippen LogP contribution in [0, 0.1) is 0 Å². The van der Waals surface area contributed by atoms with Crippen molar-refractivity contribution in [1.29, 1.82) is 0 Å². The highest BCUT2D eigenvalue weighted by Crippen LogP contribution is 2.40. The molecule has 1 aliphatic rings. The zero-order valence-electron chi connectivity index (χ0n) is 19.2. The van der Waals surface area contributed by atoms with Crippen LogP contribution in [0.15, 0.2) is 42.9 Å². The fourth-order valence-electron chi connectivity index (χ4n) is 3.50. The maximum Gasteiger partial charge on any atom is 0.332 e. The number of ether oxygens (including phenoxy) is 2. The number of aromatic nitrogens is 2. The molecular weight excluding hydrogens is 426 g/mol. The van der Waals surface area contributed by atoms with Gasteiger partial charge in [-0.15, -0.1) is 0 Å². The lowest BCUT2D eigenvalue weighted by Crippen LogP contribution is -2.56. The lowest BCUT2D eigenvalue weighted by Gasteiger charge is -2.39. The summed E-state index contributed by atoms with van der Waals surface area (Å²) in [4.78, 5) is 41.9. The fraction of sp³-hybridized carbons (Fsp3) is 0.478. The molecule has 1 aromatic carbocycles. The Hall–Kier alpha value is -3.24. The first-order valence-electron chi connectivity index (χ1n) is 10.8. The Bertz CT molecular complexity index is 979. The second-order valence-corrected chi connectivity index (χ2v) is 8.78. The first kappa shape index (κ1) is 24.4. The van der Waals surface area contributed by atoms with E-state index in [4.69, 9.17) is 15.2 Å². The Labute approximate surface area is 192 Å². The predicted molar refractivity (Wildman–Crippen MR) is 121 cm³/mol. The molecule has 0 aliphatic heterocycles. The summed E-state index contributed by atoms with van der Waals surface area (Å²) >= 11 is 0. The average Bonchev–Trinajstić information content (AvgIpc) is 3.20. The van der Waals surface area contributed by atoms with Crippen molar-refractivity contribution in [1.82, 2.24) is 14.9 Å². The molecular formula is C23H31N5O5. The van der Waals surface area contributed by atoms with Gasteiger partial charge in [-0.25, -0.2) is 9.78 Å². The molecule has 1 saturated carbocycles. The van der Waals surface area contributed by atoms with Crippen molar-refractivity contribution < 1.29 is 23.9 Å². The average molecular weight is 458 g/mol. The van der Waals surface area contributed by atoms with Gasteiger partial charge in [-0.2, -0.15) is 0 Å². The van der Waals surface area contributed by atoms with Gasteiger partial charge >= 0.3 is 5.97 Å². The minimum atomic E-state index is -1.17. The molecule has 1 heterocycles. The normalized spacial score (nSPS) is 15.8. The highest BCUT2D eigenvalue weighted by atomic mass is 16.5.